The van der Waals surface area contributed by atoms with E-state index < -0.39 is 10.0 Å². The van der Waals surface area contributed by atoms with Crippen LogP contribution < -0.4 is 5.56 Å². The molecule has 2 aromatic heterocycles. The summed E-state index contributed by atoms with van der Waals surface area (Å²) in [6.45, 7) is 1.95. The Kier molecular flexibility index (Phi) is 4.73. The molecule has 0 saturated carbocycles. The van der Waals surface area contributed by atoms with Crippen LogP contribution >= 0.6 is 22.9 Å². The number of aromatic amines is 1. The standard InChI is InChI=1S/C15H14ClN3O3S2/c1-2-19(24(21,22)14-8-7-12(16)23-14)9-13-17-11-6-4-3-5-10(11)15(20)18-13/h3-8H,2,9H2,1H3,(H,17,18,20). The van der Waals surface area contributed by atoms with Gasteiger partial charge in [0.2, 0.25) is 0 Å². The van der Waals surface area contributed by atoms with Crippen molar-refractivity contribution in [2.45, 2.75) is 17.7 Å². The molecule has 0 aliphatic carbocycles. The Morgan fingerprint density at radius 1 is 1.25 bits per heavy atom. The average molecular weight is 384 g/mol. The second-order valence-electron chi connectivity index (χ2n) is 5.02. The number of para-hydroxylation sites is 1. The Morgan fingerprint density at radius 3 is 2.67 bits per heavy atom. The van der Waals surface area contributed by atoms with Crippen LogP contribution in [-0.4, -0.2) is 29.2 Å². The Hall–Kier alpha value is -1.74. The maximum atomic E-state index is 12.7. The highest BCUT2D eigenvalue weighted by atomic mass is 35.5. The zero-order valence-corrected chi connectivity index (χ0v) is 15.1. The van der Waals surface area contributed by atoms with Crippen molar-refractivity contribution in [2.75, 3.05) is 6.54 Å². The summed E-state index contributed by atoms with van der Waals surface area (Å²) in [7, 11) is -3.69. The summed E-state index contributed by atoms with van der Waals surface area (Å²) in [6, 6.07) is 9.94. The van der Waals surface area contributed by atoms with Crippen LogP contribution in [-0.2, 0) is 16.6 Å². The maximum Gasteiger partial charge on any atom is 0.258 e. The molecule has 3 rings (SSSR count). The SMILES string of the molecule is CCN(Cc1nc2ccccc2c(=O)[nH]1)S(=O)(=O)c1ccc(Cl)s1. The number of hydrogen-bond acceptors (Lipinski definition) is 5. The van der Waals surface area contributed by atoms with Crippen molar-refractivity contribution in [1.82, 2.24) is 14.3 Å². The summed E-state index contributed by atoms with van der Waals surface area (Å²) in [5.74, 6) is 0.298. The lowest BCUT2D eigenvalue weighted by Crippen LogP contribution is -2.31. The summed E-state index contributed by atoms with van der Waals surface area (Å²) in [5, 5.41) is 0.470. The Morgan fingerprint density at radius 2 is 2.00 bits per heavy atom. The van der Waals surface area contributed by atoms with Gasteiger partial charge < -0.3 is 4.98 Å². The molecule has 0 saturated heterocycles. The highest BCUT2D eigenvalue weighted by Crippen LogP contribution is 2.28. The second-order valence-corrected chi connectivity index (χ2v) is 8.90. The molecule has 1 N–H and O–H groups in total. The quantitative estimate of drug-likeness (QED) is 0.734. The van der Waals surface area contributed by atoms with E-state index in [4.69, 9.17) is 11.6 Å². The molecule has 1 aromatic carbocycles. The number of fused-ring (bicyclic) bond motifs is 1. The maximum absolute atomic E-state index is 12.7. The van der Waals surface area contributed by atoms with Crippen molar-refractivity contribution in [3.8, 4) is 0 Å². The molecule has 0 aliphatic heterocycles. The van der Waals surface area contributed by atoms with Gasteiger partial charge >= 0.3 is 0 Å². The normalized spacial score (nSPS) is 12.1. The molecule has 6 nitrogen and oxygen atoms in total. The van der Waals surface area contributed by atoms with Crippen LogP contribution in [0.3, 0.4) is 0 Å². The molecule has 126 valence electrons. The minimum absolute atomic E-state index is 0.0194. The van der Waals surface area contributed by atoms with Crippen LogP contribution in [0.4, 0.5) is 0 Å². The van der Waals surface area contributed by atoms with E-state index in [1.54, 1.807) is 37.3 Å². The predicted octanol–water partition coefficient (Wildman–Crippen LogP) is 2.85. The van der Waals surface area contributed by atoms with Gasteiger partial charge in [-0.3, -0.25) is 4.79 Å². The van der Waals surface area contributed by atoms with E-state index in [-0.39, 0.29) is 22.9 Å². The highest BCUT2D eigenvalue weighted by molar-refractivity contribution is 7.91. The molecule has 0 fully saturated rings. The third kappa shape index (κ3) is 3.23. The first-order valence-corrected chi connectivity index (χ1v) is 9.78. The van der Waals surface area contributed by atoms with E-state index in [1.165, 1.54) is 10.4 Å². The number of aromatic nitrogens is 2. The van der Waals surface area contributed by atoms with Gasteiger partial charge in [0.25, 0.3) is 15.6 Å². The fourth-order valence-electron chi connectivity index (χ4n) is 2.31. The van der Waals surface area contributed by atoms with Gasteiger partial charge in [-0.1, -0.05) is 30.7 Å². The fourth-order valence-corrected chi connectivity index (χ4v) is 5.35. The minimum atomic E-state index is -3.69. The van der Waals surface area contributed by atoms with Crippen LogP contribution in [0.15, 0.2) is 45.4 Å². The molecule has 0 aliphatic rings. The number of H-pyrrole nitrogens is 1. The predicted molar refractivity (Wildman–Crippen MR) is 95.0 cm³/mol. The van der Waals surface area contributed by atoms with Crippen molar-refractivity contribution in [2.24, 2.45) is 0 Å². The van der Waals surface area contributed by atoms with Crippen LogP contribution in [0.2, 0.25) is 4.34 Å². The van der Waals surface area contributed by atoms with Crippen molar-refractivity contribution >= 4 is 43.9 Å². The van der Waals surface area contributed by atoms with Crippen molar-refractivity contribution in [3.05, 3.63) is 56.9 Å². The van der Waals surface area contributed by atoms with Crippen LogP contribution in [0.5, 0.6) is 0 Å². The van der Waals surface area contributed by atoms with E-state index in [9.17, 15) is 13.2 Å². The van der Waals surface area contributed by atoms with Gasteiger partial charge in [-0.15, -0.1) is 11.3 Å². The molecule has 3 aromatic rings. The van der Waals surface area contributed by atoms with Gasteiger partial charge in [-0.2, -0.15) is 4.31 Å². The number of nitrogens with one attached hydrogen (secondary N) is 1. The topological polar surface area (TPSA) is 83.1 Å². The molecular weight excluding hydrogens is 370 g/mol. The summed E-state index contributed by atoms with van der Waals surface area (Å²) < 4.78 is 27.2. The first-order valence-electron chi connectivity index (χ1n) is 7.15. The molecule has 0 radical (unpaired) electrons. The fraction of sp³-hybridized carbons (Fsp3) is 0.200. The molecule has 0 bridgehead atoms. The molecule has 24 heavy (non-hydrogen) atoms. The average Bonchev–Trinajstić information content (AvgIpc) is 3.00. The van der Waals surface area contributed by atoms with Crippen LogP contribution in [0.1, 0.15) is 12.7 Å². The second kappa shape index (κ2) is 6.64. The molecule has 0 amide bonds. The smallest absolute Gasteiger partial charge is 0.258 e. The zero-order valence-electron chi connectivity index (χ0n) is 12.7. The Labute approximate surface area is 147 Å². The Balaban J connectivity index is 1.98. The van der Waals surface area contributed by atoms with E-state index in [1.807, 2.05) is 0 Å². The largest absolute Gasteiger partial charge is 0.309 e. The number of hydrogen-bond donors (Lipinski definition) is 1. The van der Waals surface area contributed by atoms with E-state index in [2.05, 4.69) is 9.97 Å². The van der Waals surface area contributed by atoms with Gasteiger partial charge in [0.05, 0.1) is 21.8 Å². The van der Waals surface area contributed by atoms with Gasteiger partial charge in [-0.05, 0) is 24.3 Å². The van der Waals surface area contributed by atoms with E-state index in [0.717, 1.165) is 11.3 Å². The molecule has 0 atom stereocenters. The lowest BCUT2D eigenvalue weighted by Gasteiger charge is -2.19. The first kappa shape index (κ1) is 17.1. The summed E-state index contributed by atoms with van der Waals surface area (Å²) >= 11 is 6.83. The van der Waals surface area contributed by atoms with Gasteiger partial charge in [-0.25, -0.2) is 13.4 Å². The van der Waals surface area contributed by atoms with Crippen LogP contribution in [0, 0.1) is 0 Å². The molecule has 9 heteroatoms. The van der Waals surface area contributed by atoms with Crippen molar-refractivity contribution in [1.29, 1.82) is 0 Å². The third-order valence-corrected chi connectivity index (χ3v) is 7.10. The number of nitrogens with zero attached hydrogens (tertiary/aromatic N) is 2. The number of sulfonamides is 1. The molecular formula is C15H14ClN3O3S2. The lowest BCUT2D eigenvalue weighted by atomic mass is 10.2. The van der Waals surface area contributed by atoms with Gasteiger partial charge in [0.15, 0.2) is 0 Å². The summed E-state index contributed by atoms with van der Waals surface area (Å²) in [4.78, 5) is 19.1. The van der Waals surface area contributed by atoms with E-state index in [0.29, 0.717) is 21.1 Å². The number of rotatable bonds is 5. The van der Waals surface area contributed by atoms with Gasteiger partial charge in [0.1, 0.15) is 10.0 Å². The van der Waals surface area contributed by atoms with E-state index >= 15 is 0 Å². The number of benzene rings is 1. The zero-order chi connectivity index (χ0) is 17.3. The number of halogens is 1. The lowest BCUT2D eigenvalue weighted by molar-refractivity contribution is 0.415. The van der Waals surface area contributed by atoms with Crippen molar-refractivity contribution in [3.63, 3.8) is 0 Å². The minimum Gasteiger partial charge on any atom is -0.309 e. The molecule has 0 spiro atoms. The molecule has 0 unspecified atom stereocenters. The summed E-state index contributed by atoms with van der Waals surface area (Å²) in [6.07, 6.45) is 0. The third-order valence-electron chi connectivity index (χ3n) is 3.48. The first-order chi connectivity index (χ1) is 11.4. The molecule has 2 heterocycles. The number of thiophene rings is 1. The summed E-state index contributed by atoms with van der Waals surface area (Å²) in [5.41, 5.74) is 0.243. The van der Waals surface area contributed by atoms with Crippen LogP contribution in [0.25, 0.3) is 10.9 Å². The highest BCUT2D eigenvalue weighted by Gasteiger charge is 2.25. The monoisotopic (exact) mass is 383 g/mol. The van der Waals surface area contributed by atoms with Gasteiger partial charge in [0, 0.05) is 6.54 Å². The Bertz CT molecular complexity index is 1040. The van der Waals surface area contributed by atoms with Crippen molar-refractivity contribution < 1.29 is 8.42 Å².